The van der Waals surface area contributed by atoms with Crippen molar-refractivity contribution < 1.29 is 24.2 Å². The summed E-state index contributed by atoms with van der Waals surface area (Å²) in [7, 11) is 0. The lowest BCUT2D eigenvalue weighted by Gasteiger charge is -2.10. The van der Waals surface area contributed by atoms with E-state index in [0.29, 0.717) is 33.8 Å². The van der Waals surface area contributed by atoms with E-state index in [1.54, 1.807) is 54.6 Å². The van der Waals surface area contributed by atoms with E-state index < -0.39 is 11.9 Å². The van der Waals surface area contributed by atoms with Gasteiger partial charge in [0.05, 0.1) is 16.6 Å². The van der Waals surface area contributed by atoms with E-state index >= 15 is 0 Å². The van der Waals surface area contributed by atoms with Crippen molar-refractivity contribution >= 4 is 39.6 Å². The summed E-state index contributed by atoms with van der Waals surface area (Å²) in [5.74, 6) is -0.241. The Morgan fingerprint density at radius 3 is 2.35 bits per heavy atom. The van der Waals surface area contributed by atoms with Crippen molar-refractivity contribution in [3.63, 3.8) is 0 Å². The Morgan fingerprint density at radius 1 is 1.06 bits per heavy atom. The lowest BCUT2D eigenvalue weighted by atomic mass is 10.1. The summed E-state index contributed by atoms with van der Waals surface area (Å²) in [6.07, 6.45) is 1.49. The van der Waals surface area contributed by atoms with Crippen LogP contribution < -0.4 is 14.8 Å². The average molecular weight is 521 g/mol. The van der Waals surface area contributed by atoms with Crippen molar-refractivity contribution in [2.75, 3.05) is 11.9 Å². The molecular weight excluding hydrogens is 500 g/mol. The molecule has 0 unspecified atom stereocenters. The first-order chi connectivity index (χ1) is 16.4. The van der Waals surface area contributed by atoms with Crippen LogP contribution in [0.1, 0.15) is 28.4 Å². The highest BCUT2D eigenvalue weighted by atomic mass is 79.9. The smallest absolute Gasteiger partial charge is 0.335 e. The second kappa shape index (κ2) is 11.7. The number of nitrogens with one attached hydrogen (secondary N) is 1. The molecule has 0 heterocycles. The zero-order valence-corrected chi connectivity index (χ0v) is 19.8. The van der Waals surface area contributed by atoms with E-state index in [-0.39, 0.29) is 17.7 Å². The van der Waals surface area contributed by atoms with Crippen LogP contribution in [0.15, 0.2) is 76.8 Å². The van der Waals surface area contributed by atoms with Gasteiger partial charge in [-0.2, -0.15) is 5.26 Å². The number of carbonyl (C=O) groups excluding carboxylic acids is 1. The predicted octanol–water partition coefficient (Wildman–Crippen LogP) is 5.67. The number of anilines is 1. The number of benzene rings is 3. The van der Waals surface area contributed by atoms with E-state index in [1.165, 1.54) is 18.2 Å². The first-order valence-electron chi connectivity index (χ1n) is 10.3. The van der Waals surface area contributed by atoms with Gasteiger partial charge in [0.15, 0.2) is 0 Å². The molecule has 3 aromatic rings. The highest BCUT2D eigenvalue weighted by molar-refractivity contribution is 9.10. The number of amides is 1. The highest BCUT2D eigenvalue weighted by Crippen LogP contribution is 2.28. The van der Waals surface area contributed by atoms with Crippen LogP contribution in [0.5, 0.6) is 11.5 Å². The van der Waals surface area contributed by atoms with Gasteiger partial charge in [-0.3, -0.25) is 4.79 Å². The highest BCUT2D eigenvalue weighted by Gasteiger charge is 2.11. The van der Waals surface area contributed by atoms with Crippen molar-refractivity contribution in [2.24, 2.45) is 0 Å². The monoisotopic (exact) mass is 520 g/mol. The maximum absolute atomic E-state index is 12.5. The number of hydrogen-bond acceptors (Lipinski definition) is 5. The molecular formula is C26H21BrN2O5. The number of nitrogens with zero attached hydrogens (tertiary/aromatic N) is 1. The average Bonchev–Trinajstić information content (AvgIpc) is 2.83. The molecule has 3 aromatic carbocycles. The Balaban J connectivity index is 1.65. The van der Waals surface area contributed by atoms with Gasteiger partial charge in [-0.15, -0.1) is 0 Å². The Labute approximate surface area is 205 Å². The van der Waals surface area contributed by atoms with Gasteiger partial charge < -0.3 is 19.9 Å². The van der Waals surface area contributed by atoms with Crippen molar-refractivity contribution in [3.05, 3.63) is 93.5 Å². The quantitative estimate of drug-likeness (QED) is 0.278. The number of halogens is 1. The van der Waals surface area contributed by atoms with Crippen LogP contribution in [0.3, 0.4) is 0 Å². The van der Waals surface area contributed by atoms with E-state index in [0.717, 1.165) is 5.56 Å². The molecule has 0 aromatic heterocycles. The van der Waals surface area contributed by atoms with Crippen LogP contribution in [0.2, 0.25) is 0 Å². The Kier molecular flexibility index (Phi) is 8.43. The van der Waals surface area contributed by atoms with Crippen LogP contribution >= 0.6 is 15.9 Å². The van der Waals surface area contributed by atoms with E-state index in [2.05, 4.69) is 21.2 Å². The predicted molar refractivity (Wildman–Crippen MR) is 132 cm³/mol. The zero-order valence-electron chi connectivity index (χ0n) is 18.2. The van der Waals surface area contributed by atoms with E-state index in [4.69, 9.17) is 14.6 Å². The molecule has 8 heteroatoms. The molecule has 0 bridgehead atoms. The third-order valence-corrected chi connectivity index (χ3v) is 5.27. The van der Waals surface area contributed by atoms with Gasteiger partial charge in [0.2, 0.25) is 0 Å². The Hall–Kier alpha value is -4.09. The molecule has 0 fully saturated rings. The van der Waals surface area contributed by atoms with Gasteiger partial charge in [0.25, 0.3) is 5.91 Å². The summed E-state index contributed by atoms with van der Waals surface area (Å²) in [5.41, 5.74) is 2.17. The van der Waals surface area contributed by atoms with Gasteiger partial charge in [0.1, 0.15) is 29.7 Å². The number of ether oxygens (including phenoxy) is 2. The van der Waals surface area contributed by atoms with Crippen molar-refractivity contribution in [3.8, 4) is 17.6 Å². The second-order valence-electron chi connectivity index (χ2n) is 7.06. The summed E-state index contributed by atoms with van der Waals surface area (Å²) in [6, 6.07) is 20.4. The SMILES string of the molecule is CCOc1ccc(NC(=O)/C(C#N)=C/c2ccc(OCc3ccc(C(=O)O)cc3)c(Br)c2)cc1. The minimum Gasteiger partial charge on any atom is -0.494 e. The fraction of sp³-hybridized carbons (Fsp3) is 0.115. The van der Waals surface area contributed by atoms with Gasteiger partial charge in [-0.1, -0.05) is 18.2 Å². The third kappa shape index (κ3) is 6.70. The number of aromatic carboxylic acids is 1. The largest absolute Gasteiger partial charge is 0.494 e. The molecule has 2 N–H and O–H groups in total. The van der Waals surface area contributed by atoms with Crippen LogP contribution in [0.4, 0.5) is 5.69 Å². The standard InChI is InChI=1S/C26H21BrN2O5/c1-2-33-22-10-8-21(9-11-22)29-25(30)20(15-28)13-18-5-12-24(23(27)14-18)34-16-17-3-6-19(7-4-17)26(31)32/h3-14H,2,16H2,1H3,(H,29,30)(H,31,32)/b20-13+. The second-order valence-corrected chi connectivity index (χ2v) is 7.92. The maximum atomic E-state index is 12.5. The molecule has 0 aliphatic rings. The third-order valence-electron chi connectivity index (χ3n) is 4.65. The maximum Gasteiger partial charge on any atom is 0.335 e. The number of rotatable bonds is 9. The molecule has 34 heavy (non-hydrogen) atoms. The fourth-order valence-corrected chi connectivity index (χ4v) is 3.45. The molecule has 0 radical (unpaired) electrons. The van der Waals surface area contributed by atoms with Crippen LogP contribution in [-0.4, -0.2) is 23.6 Å². The van der Waals surface area contributed by atoms with Gasteiger partial charge in [0, 0.05) is 5.69 Å². The van der Waals surface area contributed by atoms with E-state index in [1.807, 2.05) is 13.0 Å². The molecule has 1 amide bonds. The van der Waals surface area contributed by atoms with Crippen LogP contribution in [0, 0.1) is 11.3 Å². The molecule has 0 atom stereocenters. The lowest BCUT2D eigenvalue weighted by molar-refractivity contribution is -0.112. The van der Waals surface area contributed by atoms with Gasteiger partial charge in [-0.05, 0) is 88.6 Å². The molecule has 7 nitrogen and oxygen atoms in total. The minimum absolute atomic E-state index is 0.0482. The number of carboxylic acids is 1. The fourth-order valence-electron chi connectivity index (χ4n) is 2.94. The van der Waals surface area contributed by atoms with Gasteiger partial charge >= 0.3 is 5.97 Å². The molecule has 3 rings (SSSR count). The Morgan fingerprint density at radius 2 is 1.76 bits per heavy atom. The number of nitriles is 1. The first kappa shape index (κ1) is 24.6. The number of hydrogen-bond donors (Lipinski definition) is 2. The minimum atomic E-state index is -0.983. The van der Waals surface area contributed by atoms with Crippen LogP contribution in [0.25, 0.3) is 6.08 Å². The molecule has 172 valence electrons. The van der Waals surface area contributed by atoms with E-state index in [9.17, 15) is 14.9 Å². The van der Waals surface area contributed by atoms with Crippen LogP contribution in [-0.2, 0) is 11.4 Å². The molecule has 0 spiro atoms. The molecule has 0 saturated carbocycles. The normalized spacial score (nSPS) is 10.8. The zero-order chi connectivity index (χ0) is 24.5. The summed E-state index contributed by atoms with van der Waals surface area (Å²) in [6.45, 7) is 2.69. The molecule has 0 aliphatic heterocycles. The summed E-state index contributed by atoms with van der Waals surface area (Å²) in [5, 5.41) is 21.1. The summed E-state index contributed by atoms with van der Waals surface area (Å²) in [4.78, 5) is 23.5. The number of carbonyl (C=O) groups is 2. The van der Waals surface area contributed by atoms with Crippen molar-refractivity contribution in [1.82, 2.24) is 0 Å². The summed E-state index contributed by atoms with van der Waals surface area (Å²) >= 11 is 3.45. The number of carboxylic acid groups (broad SMARTS) is 1. The molecule has 0 aliphatic carbocycles. The van der Waals surface area contributed by atoms with Crippen molar-refractivity contribution in [1.29, 1.82) is 5.26 Å². The first-order valence-corrected chi connectivity index (χ1v) is 11.1. The topological polar surface area (TPSA) is 109 Å². The lowest BCUT2D eigenvalue weighted by Crippen LogP contribution is -2.13. The van der Waals surface area contributed by atoms with Gasteiger partial charge in [-0.25, -0.2) is 4.79 Å². The Bertz CT molecular complexity index is 1250. The molecule has 0 saturated heterocycles. The van der Waals surface area contributed by atoms with Crippen molar-refractivity contribution in [2.45, 2.75) is 13.5 Å². The summed E-state index contributed by atoms with van der Waals surface area (Å²) < 4.78 is 11.8.